The Morgan fingerprint density at radius 2 is 1.08 bits per heavy atom. The van der Waals surface area contributed by atoms with Gasteiger partial charge in [0, 0.05) is 14.2 Å². The monoisotopic (exact) mass is 358 g/mol. The molecule has 2 aromatic rings. The van der Waals surface area contributed by atoms with Crippen molar-refractivity contribution in [2.45, 2.75) is 12.2 Å². The highest BCUT2D eigenvalue weighted by Gasteiger charge is 2.31. The molecule has 0 aliphatic heterocycles. The fraction of sp³-hybridized carbons (Fsp3) is 0.381. The molecular formula is C21H26O5. The summed E-state index contributed by atoms with van der Waals surface area (Å²) in [6.07, 6.45) is -1.45. The summed E-state index contributed by atoms with van der Waals surface area (Å²) in [4.78, 5) is 13.3. The summed E-state index contributed by atoms with van der Waals surface area (Å²) in [6, 6.07) is 18.9. The summed E-state index contributed by atoms with van der Waals surface area (Å²) >= 11 is 0. The highest BCUT2D eigenvalue weighted by molar-refractivity contribution is 5.89. The maximum Gasteiger partial charge on any atom is 0.199 e. The van der Waals surface area contributed by atoms with Gasteiger partial charge in [-0.25, -0.2) is 0 Å². The predicted molar refractivity (Wildman–Crippen MR) is 99.0 cm³/mol. The predicted octanol–water partition coefficient (Wildman–Crippen LogP) is 3.36. The van der Waals surface area contributed by atoms with E-state index < -0.39 is 12.2 Å². The van der Waals surface area contributed by atoms with Gasteiger partial charge in [-0.15, -0.1) is 0 Å². The van der Waals surface area contributed by atoms with Crippen LogP contribution in [0.5, 0.6) is 0 Å². The molecule has 2 rings (SSSR count). The van der Waals surface area contributed by atoms with Crippen molar-refractivity contribution in [3.63, 3.8) is 0 Å². The van der Waals surface area contributed by atoms with Crippen LogP contribution < -0.4 is 0 Å². The maximum absolute atomic E-state index is 13.3. The molecule has 0 spiro atoms. The Kier molecular flexibility index (Phi) is 9.00. The summed E-state index contributed by atoms with van der Waals surface area (Å²) in [5.74, 6) is -0.144. The van der Waals surface area contributed by atoms with Gasteiger partial charge in [-0.05, 0) is 11.1 Å². The first-order valence-electron chi connectivity index (χ1n) is 8.62. The van der Waals surface area contributed by atoms with Crippen LogP contribution in [0.15, 0.2) is 60.7 Å². The Bertz CT molecular complexity index is 574. The summed E-state index contributed by atoms with van der Waals surface area (Å²) in [5.41, 5.74) is 1.59. The first-order valence-corrected chi connectivity index (χ1v) is 8.62. The molecule has 0 saturated heterocycles. The third kappa shape index (κ3) is 6.04. The number of ether oxygens (including phenoxy) is 4. The molecule has 5 heteroatoms. The average molecular weight is 358 g/mol. The van der Waals surface area contributed by atoms with Crippen molar-refractivity contribution < 1.29 is 23.7 Å². The summed E-state index contributed by atoms with van der Waals surface area (Å²) < 4.78 is 21.8. The Morgan fingerprint density at radius 3 is 1.42 bits per heavy atom. The van der Waals surface area contributed by atoms with Crippen molar-refractivity contribution >= 4 is 5.78 Å². The van der Waals surface area contributed by atoms with Gasteiger partial charge in [0.15, 0.2) is 5.78 Å². The molecule has 0 fully saturated rings. The number of carbonyl (C=O) groups is 1. The Hall–Kier alpha value is -2.05. The minimum atomic E-state index is -0.723. The molecule has 0 bridgehead atoms. The van der Waals surface area contributed by atoms with Crippen LogP contribution in [-0.4, -0.2) is 46.4 Å². The third-order valence-electron chi connectivity index (χ3n) is 3.87. The second-order valence-corrected chi connectivity index (χ2v) is 5.71. The van der Waals surface area contributed by atoms with E-state index >= 15 is 0 Å². The summed E-state index contributed by atoms with van der Waals surface area (Å²) in [5, 5.41) is 0. The second-order valence-electron chi connectivity index (χ2n) is 5.71. The minimum absolute atomic E-state index is 0.144. The zero-order chi connectivity index (χ0) is 18.6. The van der Waals surface area contributed by atoms with E-state index in [-0.39, 0.29) is 5.78 Å². The lowest BCUT2D eigenvalue weighted by Gasteiger charge is -2.24. The van der Waals surface area contributed by atoms with Gasteiger partial charge >= 0.3 is 0 Å². The molecule has 0 radical (unpaired) electrons. The van der Waals surface area contributed by atoms with Gasteiger partial charge in [0.25, 0.3) is 0 Å². The van der Waals surface area contributed by atoms with Crippen LogP contribution in [0.3, 0.4) is 0 Å². The largest absolute Gasteiger partial charge is 0.382 e. The van der Waals surface area contributed by atoms with Gasteiger partial charge < -0.3 is 18.9 Å². The molecule has 0 saturated carbocycles. The quantitative estimate of drug-likeness (QED) is 0.545. The van der Waals surface area contributed by atoms with E-state index in [2.05, 4.69) is 0 Å². The van der Waals surface area contributed by atoms with Gasteiger partial charge in [-0.3, -0.25) is 4.79 Å². The normalized spacial score (nSPS) is 13.3. The number of carbonyl (C=O) groups excluding carboxylic acids is 1. The van der Waals surface area contributed by atoms with Crippen LogP contribution in [0.2, 0.25) is 0 Å². The number of rotatable bonds is 12. The fourth-order valence-corrected chi connectivity index (χ4v) is 2.58. The van der Waals surface area contributed by atoms with Crippen molar-refractivity contribution in [3.05, 3.63) is 71.8 Å². The van der Waals surface area contributed by atoms with E-state index in [4.69, 9.17) is 18.9 Å². The number of Topliss-reactive ketones (excluding diaryl/α,β-unsaturated/α-hetero) is 1. The Morgan fingerprint density at radius 1 is 0.692 bits per heavy atom. The molecular weight excluding hydrogens is 332 g/mol. The van der Waals surface area contributed by atoms with Gasteiger partial charge in [-0.2, -0.15) is 0 Å². The molecule has 0 aliphatic rings. The van der Waals surface area contributed by atoms with E-state index in [0.29, 0.717) is 26.4 Å². The number of hydrogen-bond donors (Lipinski definition) is 0. The summed E-state index contributed by atoms with van der Waals surface area (Å²) in [7, 11) is 3.20. The van der Waals surface area contributed by atoms with Gasteiger partial charge in [0.1, 0.15) is 12.2 Å². The molecule has 5 nitrogen and oxygen atoms in total. The lowest BCUT2D eigenvalue weighted by molar-refractivity contribution is -0.145. The van der Waals surface area contributed by atoms with Crippen molar-refractivity contribution in [2.75, 3.05) is 40.6 Å². The van der Waals surface area contributed by atoms with Gasteiger partial charge in [0.05, 0.1) is 26.4 Å². The summed E-state index contributed by atoms with van der Waals surface area (Å²) in [6.45, 7) is 1.47. The Labute approximate surface area is 154 Å². The van der Waals surface area contributed by atoms with E-state index in [1.807, 2.05) is 60.7 Å². The molecule has 2 unspecified atom stereocenters. The standard InChI is InChI=1S/C21H26O5/c1-23-13-15-25-20(17-9-5-3-6-10-17)19(22)21(26-16-14-24-2)18-11-7-4-8-12-18/h3-12,20-21H,13-16H2,1-2H3. The number of hydrogen-bond acceptors (Lipinski definition) is 5. The molecule has 140 valence electrons. The van der Waals surface area contributed by atoms with E-state index in [0.717, 1.165) is 11.1 Å². The first-order chi connectivity index (χ1) is 12.8. The lowest BCUT2D eigenvalue weighted by Crippen LogP contribution is -2.27. The van der Waals surface area contributed by atoms with Crippen LogP contribution in [-0.2, 0) is 23.7 Å². The van der Waals surface area contributed by atoms with E-state index in [1.165, 1.54) is 0 Å². The zero-order valence-electron chi connectivity index (χ0n) is 15.3. The zero-order valence-corrected chi connectivity index (χ0v) is 15.3. The number of ketones is 1. The lowest BCUT2D eigenvalue weighted by atomic mass is 9.97. The molecule has 0 heterocycles. The number of benzene rings is 2. The van der Waals surface area contributed by atoms with Crippen LogP contribution in [0.25, 0.3) is 0 Å². The molecule has 2 atom stereocenters. The van der Waals surface area contributed by atoms with Crippen LogP contribution >= 0.6 is 0 Å². The number of methoxy groups -OCH3 is 2. The topological polar surface area (TPSA) is 54.0 Å². The van der Waals surface area contributed by atoms with Crippen molar-refractivity contribution in [1.29, 1.82) is 0 Å². The average Bonchev–Trinajstić information content (AvgIpc) is 2.70. The molecule has 26 heavy (non-hydrogen) atoms. The smallest absolute Gasteiger partial charge is 0.199 e. The highest BCUT2D eigenvalue weighted by Crippen LogP contribution is 2.28. The third-order valence-corrected chi connectivity index (χ3v) is 3.87. The molecule has 0 amide bonds. The van der Waals surface area contributed by atoms with E-state index in [9.17, 15) is 4.79 Å². The van der Waals surface area contributed by atoms with Crippen molar-refractivity contribution in [2.24, 2.45) is 0 Å². The molecule has 2 aromatic carbocycles. The van der Waals surface area contributed by atoms with Gasteiger partial charge in [-0.1, -0.05) is 60.7 Å². The first kappa shape index (κ1) is 20.3. The minimum Gasteiger partial charge on any atom is -0.382 e. The van der Waals surface area contributed by atoms with Crippen molar-refractivity contribution in [3.8, 4) is 0 Å². The molecule has 0 aliphatic carbocycles. The SMILES string of the molecule is COCCOC(C(=O)C(OCCOC)c1ccccc1)c1ccccc1. The van der Waals surface area contributed by atoms with Gasteiger partial charge in [0.2, 0.25) is 0 Å². The molecule has 0 N–H and O–H groups in total. The fourth-order valence-electron chi connectivity index (χ4n) is 2.58. The molecule has 0 aromatic heterocycles. The Balaban J connectivity index is 2.24. The highest BCUT2D eigenvalue weighted by atomic mass is 16.5. The van der Waals surface area contributed by atoms with E-state index in [1.54, 1.807) is 14.2 Å². The van der Waals surface area contributed by atoms with Crippen LogP contribution in [0, 0.1) is 0 Å². The van der Waals surface area contributed by atoms with Crippen LogP contribution in [0.1, 0.15) is 23.3 Å². The maximum atomic E-state index is 13.3. The van der Waals surface area contributed by atoms with Crippen molar-refractivity contribution in [1.82, 2.24) is 0 Å². The van der Waals surface area contributed by atoms with Crippen LogP contribution in [0.4, 0.5) is 0 Å². The second kappa shape index (κ2) is 11.5.